The highest BCUT2D eigenvalue weighted by atomic mass is 16.3. The first-order chi connectivity index (χ1) is 13.1. The van der Waals surface area contributed by atoms with E-state index < -0.39 is 6.10 Å². The largest absolute Gasteiger partial charge is 0.390 e. The number of amides is 2. The molecule has 1 aromatic carbocycles. The van der Waals surface area contributed by atoms with E-state index in [-0.39, 0.29) is 17.7 Å². The maximum absolute atomic E-state index is 13.0. The molecule has 6 nitrogen and oxygen atoms in total. The van der Waals surface area contributed by atoms with E-state index in [2.05, 4.69) is 11.0 Å². The standard InChI is InChI=1S/C21H29N3O3/c25-18(15-23-10-3-6-20(23)26)14-22-11-7-17(8-12-22)21(27)24-13-9-16-4-1-2-5-19(16)24/h1-2,4-5,17-18,25H,3,6-15H2. The molecule has 2 saturated heterocycles. The summed E-state index contributed by atoms with van der Waals surface area (Å²) in [4.78, 5) is 30.6. The Morgan fingerprint density at radius 2 is 1.85 bits per heavy atom. The van der Waals surface area contributed by atoms with Gasteiger partial charge in [-0.1, -0.05) is 18.2 Å². The summed E-state index contributed by atoms with van der Waals surface area (Å²) in [6.45, 7) is 4.23. The fourth-order valence-electron chi connectivity index (χ4n) is 4.66. The number of aliphatic hydroxyl groups excluding tert-OH is 1. The van der Waals surface area contributed by atoms with Crippen molar-refractivity contribution in [2.24, 2.45) is 5.92 Å². The summed E-state index contributed by atoms with van der Waals surface area (Å²) in [6.07, 6.45) is 3.63. The predicted molar refractivity (Wildman–Crippen MR) is 103 cm³/mol. The molecule has 0 aromatic heterocycles. The van der Waals surface area contributed by atoms with Crippen molar-refractivity contribution < 1.29 is 14.7 Å². The molecule has 1 aromatic rings. The summed E-state index contributed by atoms with van der Waals surface area (Å²) < 4.78 is 0. The van der Waals surface area contributed by atoms with Gasteiger partial charge in [-0.3, -0.25) is 9.59 Å². The Balaban J connectivity index is 1.25. The van der Waals surface area contributed by atoms with Gasteiger partial charge in [0.1, 0.15) is 0 Å². The zero-order chi connectivity index (χ0) is 18.8. The first-order valence-corrected chi connectivity index (χ1v) is 10.2. The molecule has 2 amide bonds. The van der Waals surface area contributed by atoms with Crippen molar-refractivity contribution in [3.05, 3.63) is 29.8 Å². The number of piperidine rings is 1. The van der Waals surface area contributed by atoms with E-state index >= 15 is 0 Å². The number of aliphatic hydroxyl groups is 1. The van der Waals surface area contributed by atoms with Crippen molar-refractivity contribution in [2.45, 2.75) is 38.2 Å². The Morgan fingerprint density at radius 3 is 2.59 bits per heavy atom. The monoisotopic (exact) mass is 371 g/mol. The third kappa shape index (κ3) is 4.01. The summed E-state index contributed by atoms with van der Waals surface area (Å²) in [5.41, 5.74) is 2.35. The second kappa shape index (κ2) is 7.98. The van der Waals surface area contributed by atoms with Gasteiger partial charge in [0.15, 0.2) is 0 Å². The number of anilines is 1. The fourth-order valence-corrected chi connectivity index (χ4v) is 4.66. The van der Waals surface area contributed by atoms with Gasteiger partial charge in [-0.05, 0) is 50.4 Å². The minimum atomic E-state index is -0.509. The number of benzene rings is 1. The van der Waals surface area contributed by atoms with Crippen LogP contribution in [-0.4, -0.2) is 72.1 Å². The highest BCUT2D eigenvalue weighted by Crippen LogP contribution is 2.31. The first-order valence-electron chi connectivity index (χ1n) is 10.2. The third-order valence-corrected chi connectivity index (χ3v) is 6.16. The number of fused-ring (bicyclic) bond motifs is 1. The second-order valence-corrected chi connectivity index (χ2v) is 8.04. The maximum atomic E-state index is 13.0. The first kappa shape index (κ1) is 18.4. The molecule has 0 bridgehead atoms. The fraction of sp³-hybridized carbons (Fsp3) is 0.619. The summed E-state index contributed by atoms with van der Waals surface area (Å²) in [6, 6.07) is 8.19. The van der Waals surface area contributed by atoms with E-state index in [0.717, 1.165) is 57.5 Å². The zero-order valence-electron chi connectivity index (χ0n) is 15.8. The molecule has 146 valence electrons. The average Bonchev–Trinajstić information content (AvgIpc) is 3.28. The SMILES string of the molecule is O=C1CCCN1CC(O)CN1CCC(C(=O)N2CCc3ccccc32)CC1. The predicted octanol–water partition coefficient (Wildman–Crippen LogP) is 1.27. The quantitative estimate of drug-likeness (QED) is 0.847. The molecule has 6 heteroatoms. The van der Waals surface area contributed by atoms with Crippen LogP contribution in [0.3, 0.4) is 0 Å². The summed E-state index contributed by atoms with van der Waals surface area (Å²) in [5.74, 6) is 0.483. The van der Waals surface area contributed by atoms with E-state index in [1.807, 2.05) is 23.1 Å². The van der Waals surface area contributed by atoms with Crippen molar-refractivity contribution in [1.82, 2.24) is 9.80 Å². The molecule has 3 heterocycles. The van der Waals surface area contributed by atoms with E-state index in [1.165, 1.54) is 5.56 Å². The Morgan fingerprint density at radius 1 is 1.07 bits per heavy atom. The molecule has 1 unspecified atom stereocenters. The van der Waals surface area contributed by atoms with Gasteiger partial charge in [-0.25, -0.2) is 0 Å². The number of rotatable bonds is 5. The number of carbonyl (C=O) groups excluding carboxylic acids is 2. The Hall–Kier alpha value is -1.92. The minimum absolute atomic E-state index is 0.0738. The van der Waals surface area contributed by atoms with Gasteiger partial charge in [0.2, 0.25) is 11.8 Å². The van der Waals surface area contributed by atoms with Gasteiger partial charge in [0.25, 0.3) is 0 Å². The lowest BCUT2D eigenvalue weighted by Gasteiger charge is -2.34. The van der Waals surface area contributed by atoms with Crippen molar-refractivity contribution in [3.8, 4) is 0 Å². The van der Waals surface area contributed by atoms with Crippen molar-refractivity contribution in [2.75, 3.05) is 44.2 Å². The maximum Gasteiger partial charge on any atom is 0.230 e. The second-order valence-electron chi connectivity index (χ2n) is 8.04. The van der Waals surface area contributed by atoms with Crippen LogP contribution in [0, 0.1) is 5.92 Å². The number of carbonyl (C=O) groups is 2. The molecule has 27 heavy (non-hydrogen) atoms. The molecule has 2 fully saturated rings. The van der Waals surface area contributed by atoms with Crippen LogP contribution in [0.15, 0.2) is 24.3 Å². The molecule has 0 spiro atoms. The van der Waals surface area contributed by atoms with Gasteiger partial charge in [-0.15, -0.1) is 0 Å². The molecule has 1 N–H and O–H groups in total. The molecular weight excluding hydrogens is 342 g/mol. The van der Waals surface area contributed by atoms with Crippen LogP contribution in [0.4, 0.5) is 5.69 Å². The summed E-state index contributed by atoms with van der Waals surface area (Å²) >= 11 is 0. The summed E-state index contributed by atoms with van der Waals surface area (Å²) in [7, 11) is 0. The number of para-hydroxylation sites is 1. The molecule has 0 aliphatic carbocycles. The highest BCUT2D eigenvalue weighted by Gasteiger charge is 2.33. The average molecular weight is 371 g/mol. The van der Waals surface area contributed by atoms with Gasteiger partial charge in [0.05, 0.1) is 6.10 Å². The molecule has 1 atom stereocenters. The molecule has 0 saturated carbocycles. The molecule has 3 aliphatic rings. The molecular formula is C21H29N3O3. The summed E-state index contributed by atoms with van der Waals surface area (Å²) in [5, 5.41) is 10.3. The van der Waals surface area contributed by atoms with Crippen molar-refractivity contribution in [1.29, 1.82) is 0 Å². The number of likely N-dealkylation sites (tertiary alicyclic amines) is 2. The van der Waals surface area contributed by atoms with E-state index in [9.17, 15) is 14.7 Å². The highest BCUT2D eigenvalue weighted by molar-refractivity contribution is 5.97. The van der Waals surface area contributed by atoms with Crippen LogP contribution in [0.5, 0.6) is 0 Å². The molecule has 0 radical (unpaired) electrons. The lowest BCUT2D eigenvalue weighted by Crippen LogP contribution is -2.46. The molecule has 3 aliphatic heterocycles. The van der Waals surface area contributed by atoms with E-state index in [0.29, 0.717) is 19.5 Å². The number of hydrogen-bond donors (Lipinski definition) is 1. The van der Waals surface area contributed by atoms with Gasteiger partial charge in [0, 0.05) is 44.2 Å². The normalized spacial score (nSPS) is 22.3. The number of β-amino-alcohol motifs (C(OH)–C–C–N with tert-alkyl or cyclic N) is 1. The minimum Gasteiger partial charge on any atom is -0.390 e. The van der Waals surface area contributed by atoms with Crippen LogP contribution in [0.25, 0.3) is 0 Å². The lowest BCUT2D eigenvalue weighted by atomic mass is 9.95. The number of nitrogens with zero attached hydrogens (tertiary/aromatic N) is 3. The van der Waals surface area contributed by atoms with Gasteiger partial charge < -0.3 is 19.8 Å². The number of hydrogen-bond acceptors (Lipinski definition) is 4. The molecule has 4 rings (SSSR count). The zero-order valence-corrected chi connectivity index (χ0v) is 15.8. The van der Waals surface area contributed by atoms with Gasteiger partial charge >= 0.3 is 0 Å². The van der Waals surface area contributed by atoms with E-state index in [1.54, 1.807) is 4.90 Å². The van der Waals surface area contributed by atoms with E-state index in [4.69, 9.17) is 0 Å². The van der Waals surface area contributed by atoms with Crippen molar-refractivity contribution >= 4 is 17.5 Å². The Labute approximate surface area is 160 Å². The van der Waals surface area contributed by atoms with Crippen LogP contribution in [0.2, 0.25) is 0 Å². The third-order valence-electron chi connectivity index (χ3n) is 6.16. The van der Waals surface area contributed by atoms with Crippen LogP contribution in [0.1, 0.15) is 31.2 Å². The van der Waals surface area contributed by atoms with Gasteiger partial charge in [-0.2, -0.15) is 0 Å². The van der Waals surface area contributed by atoms with Crippen molar-refractivity contribution in [3.63, 3.8) is 0 Å². The van der Waals surface area contributed by atoms with Crippen LogP contribution in [-0.2, 0) is 16.0 Å². The Bertz CT molecular complexity index is 700. The van der Waals surface area contributed by atoms with Crippen LogP contribution >= 0.6 is 0 Å². The topological polar surface area (TPSA) is 64.1 Å². The van der Waals surface area contributed by atoms with Crippen LogP contribution < -0.4 is 4.90 Å². The smallest absolute Gasteiger partial charge is 0.230 e. The lowest BCUT2D eigenvalue weighted by molar-refractivity contribution is -0.129. The Kier molecular flexibility index (Phi) is 5.45.